The van der Waals surface area contributed by atoms with Crippen molar-refractivity contribution in [3.05, 3.63) is 56.3 Å². The number of amides is 1. The summed E-state index contributed by atoms with van der Waals surface area (Å²) in [7, 11) is 0. The van der Waals surface area contributed by atoms with E-state index in [0.717, 1.165) is 35.5 Å². The summed E-state index contributed by atoms with van der Waals surface area (Å²) in [5.41, 5.74) is 1.14. The average molecular weight is 446 g/mol. The third-order valence-electron chi connectivity index (χ3n) is 5.40. The number of rotatable bonds is 3. The molecule has 0 aliphatic heterocycles. The van der Waals surface area contributed by atoms with Crippen LogP contribution in [-0.4, -0.2) is 25.1 Å². The van der Waals surface area contributed by atoms with Crippen LogP contribution in [0.4, 0.5) is 10.1 Å². The molecule has 0 spiro atoms. The molecular weight excluding hydrogens is 429 g/mol. The van der Waals surface area contributed by atoms with Crippen LogP contribution in [0, 0.1) is 11.7 Å². The second-order valence-corrected chi connectivity index (χ2v) is 9.09. The number of hydrogen-bond acceptors (Lipinski definition) is 5. The lowest BCUT2D eigenvalue weighted by Gasteiger charge is -2.17. The number of aromatic nitrogens is 4. The van der Waals surface area contributed by atoms with Gasteiger partial charge in [0.1, 0.15) is 23.5 Å². The summed E-state index contributed by atoms with van der Waals surface area (Å²) in [5.74, 6) is -0.580. The summed E-state index contributed by atoms with van der Waals surface area (Å²) < 4.78 is 16.7. The van der Waals surface area contributed by atoms with Crippen LogP contribution in [0.2, 0.25) is 5.02 Å². The average Bonchev–Trinajstić information content (AvgIpc) is 3.21. The largest absolute Gasteiger partial charge is 0.365 e. The molecule has 154 valence electrons. The summed E-state index contributed by atoms with van der Waals surface area (Å²) in [6.07, 6.45) is 4.52. The van der Waals surface area contributed by atoms with E-state index in [1.54, 1.807) is 11.3 Å². The molecule has 0 radical (unpaired) electrons. The molecule has 1 aromatic carbocycles. The number of thiophene rings is 1. The van der Waals surface area contributed by atoms with Crippen LogP contribution in [0.5, 0.6) is 0 Å². The zero-order valence-electron chi connectivity index (χ0n) is 16.0. The highest BCUT2D eigenvalue weighted by Crippen LogP contribution is 2.38. The first-order valence-corrected chi connectivity index (χ1v) is 10.7. The highest BCUT2D eigenvalue weighted by molar-refractivity contribution is 7.19. The number of carbonyl (C=O) groups is 1. The Balaban J connectivity index is 1.52. The van der Waals surface area contributed by atoms with Crippen LogP contribution in [-0.2, 0) is 24.2 Å². The molecule has 3 heterocycles. The Bertz CT molecular complexity index is 1380. The number of nitrogens with zero attached hydrogens (tertiary/aromatic N) is 4. The molecule has 0 fully saturated rings. The molecule has 4 aromatic rings. The molecule has 0 bridgehead atoms. The topological polar surface area (TPSA) is 81.3 Å². The number of anilines is 1. The molecule has 1 N–H and O–H groups in total. The van der Waals surface area contributed by atoms with Gasteiger partial charge in [-0.15, -0.1) is 11.3 Å². The van der Waals surface area contributed by atoms with Crippen molar-refractivity contribution in [2.75, 3.05) is 5.32 Å². The fourth-order valence-corrected chi connectivity index (χ4v) is 5.42. The molecule has 1 amide bonds. The maximum Gasteiger partial charge on any atom is 0.365 e. The number of hydrogen-bond donors (Lipinski definition) is 1. The number of carbonyl (C=O) groups excluding carboxylic acids is 1. The minimum absolute atomic E-state index is 0.00666. The van der Waals surface area contributed by atoms with Crippen LogP contribution in [0.3, 0.4) is 0 Å². The Morgan fingerprint density at radius 1 is 1.43 bits per heavy atom. The third kappa shape index (κ3) is 3.18. The number of aryl methyl sites for hydroxylation is 1. The predicted molar refractivity (Wildman–Crippen MR) is 114 cm³/mol. The van der Waals surface area contributed by atoms with Gasteiger partial charge in [-0.1, -0.05) is 18.5 Å². The SMILES string of the molecule is C[C@@H]1CCc2c(sc3ncn4c(nc(=O)n4CC(=O)Nc4ccc(Cl)cc4F)c23)C1. The van der Waals surface area contributed by atoms with Crippen LogP contribution >= 0.6 is 22.9 Å². The monoisotopic (exact) mass is 445 g/mol. The van der Waals surface area contributed by atoms with Gasteiger partial charge in [-0.3, -0.25) is 4.79 Å². The maximum atomic E-state index is 14.0. The van der Waals surface area contributed by atoms with Gasteiger partial charge in [0.15, 0.2) is 5.65 Å². The van der Waals surface area contributed by atoms with Gasteiger partial charge in [-0.2, -0.15) is 4.98 Å². The number of halogens is 2. The second-order valence-electron chi connectivity index (χ2n) is 7.57. The first-order valence-electron chi connectivity index (χ1n) is 9.54. The van der Waals surface area contributed by atoms with Gasteiger partial charge in [-0.05, 0) is 48.9 Å². The lowest BCUT2D eigenvalue weighted by atomic mass is 9.89. The Morgan fingerprint density at radius 2 is 2.27 bits per heavy atom. The Kier molecular flexibility index (Phi) is 4.59. The van der Waals surface area contributed by atoms with Crippen molar-refractivity contribution in [1.29, 1.82) is 0 Å². The molecule has 7 nitrogen and oxygen atoms in total. The molecular formula is C20H17ClFN5O2S. The number of benzene rings is 1. The van der Waals surface area contributed by atoms with E-state index in [1.165, 1.54) is 38.1 Å². The number of fused-ring (bicyclic) bond motifs is 5. The quantitative estimate of drug-likeness (QED) is 0.521. The van der Waals surface area contributed by atoms with Crippen LogP contribution < -0.4 is 11.0 Å². The van der Waals surface area contributed by atoms with Gasteiger partial charge in [-0.25, -0.2) is 23.4 Å². The standard InChI is InChI=1S/C20H17ClFN5O2S/c1-10-2-4-12-15(6-10)30-19-17(12)18-25-20(29)26(27(18)9-23-19)8-16(28)24-14-5-3-11(21)7-13(14)22/h3,5,7,9-10H,2,4,6,8H2,1H3,(H,24,28)/t10-/m1/s1. The van der Waals surface area contributed by atoms with E-state index in [-0.39, 0.29) is 17.3 Å². The van der Waals surface area contributed by atoms with Crippen molar-refractivity contribution in [3.63, 3.8) is 0 Å². The first-order chi connectivity index (χ1) is 14.4. The fourth-order valence-electron chi connectivity index (χ4n) is 3.92. The molecule has 10 heteroatoms. The number of nitrogens with one attached hydrogen (secondary N) is 1. The van der Waals surface area contributed by atoms with E-state index < -0.39 is 17.4 Å². The van der Waals surface area contributed by atoms with E-state index >= 15 is 0 Å². The van der Waals surface area contributed by atoms with Crippen LogP contribution in [0.25, 0.3) is 15.9 Å². The van der Waals surface area contributed by atoms with Gasteiger partial charge in [0.2, 0.25) is 5.91 Å². The highest BCUT2D eigenvalue weighted by atomic mass is 35.5. The second kappa shape index (κ2) is 7.17. The van der Waals surface area contributed by atoms with Crippen LogP contribution in [0.15, 0.2) is 29.3 Å². The molecule has 30 heavy (non-hydrogen) atoms. The Hall–Kier alpha value is -2.78. The molecule has 1 atom stereocenters. The highest BCUT2D eigenvalue weighted by Gasteiger charge is 2.24. The normalized spacial score (nSPS) is 16.2. The predicted octanol–water partition coefficient (Wildman–Crippen LogP) is 3.66. The lowest BCUT2D eigenvalue weighted by Crippen LogP contribution is -2.28. The smallest absolute Gasteiger partial charge is 0.322 e. The van der Waals surface area contributed by atoms with E-state index in [4.69, 9.17) is 11.6 Å². The molecule has 5 rings (SSSR count). The minimum atomic E-state index is -0.649. The summed E-state index contributed by atoms with van der Waals surface area (Å²) in [6.45, 7) is 1.91. The zero-order chi connectivity index (χ0) is 21.0. The van der Waals surface area contributed by atoms with Crippen molar-refractivity contribution in [2.45, 2.75) is 32.7 Å². The summed E-state index contributed by atoms with van der Waals surface area (Å²) >= 11 is 7.38. The minimum Gasteiger partial charge on any atom is -0.322 e. The molecule has 1 aliphatic carbocycles. The van der Waals surface area contributed by atoms with Gasteiger partial charge < -0.3 is 5.32 Å². The van der Waals surface area contributed by atoms with Gasteiger partial charge in [0.05, 0.1) is 11.1 Å². The van der Waals surface area contributed by atoms with E-state index in [2.05, 4.69) is 22.2 Å². The molecule has 0 saturated carbocycles. The third-order valence-corrected chi connectivity index (χ3v) is 6.80. The fraction of sp³-hybridized carbons (Fsp3) is 0.300. The van der Waals surface area contributed by atoms with E-state index in [0.29, 0.717) is 11.6 Å². The summed E-state index contributed by atoms with van der Waals surface area (Å²) in [5, 5.41) is 3.58. The summed E-state index contributed by atoms with van der Waals surface area (Å²) in [6, 6.07) is 3.96. The van der Waals surface area contributed by atoms with Crippen molar-refractivity contribution in [1.82, 2.24) is 19.2 Å². The molecule has 0 unspecified atom stereocenters. The molecule has 1 aliphatic rings. The molecule has 3 aromatic heterocycles. The van der Waals surface area contributed by atoms with Crippen LogP contribution in [0.1, 0.15) is 23.8 Å². The first kappa shape index (κ1) is 19.2. The Labute approximate surface area is 179 Å². The lowest BCUT2D eigenvalue weighted by molar-refractivity contribution is -0.117. The van der Waals surface area contributed by atoms with Crippen molar-refractivity contribution in [2.24, 2.45) is 5.92 Å². The maximum absolute atomic E-state index is 14.0. The Morgan fingerprint density at radius 3 is 3.07 bits per heavy atom. The van der Waals surface area contributed by atoms with Gasteiger partial charge >= 0.3 is 5.69 Å². The van der Waals surface area contributed by atoms with Crippen molar-refractivity contribution in [3.8, 4) is 0 Å². The van der Waals surface area contributed by atoms with E-state index in [1.807, 2.05) is 0 Å². The summed E-state index contributed by atoms with van der Waals surface area (Å²) in [4.78, 5) is 35.9. The molecule has 0 saturated heterocycles. The van der Waals surface area contributed by atoms with Gasteiger partial charge in [0, 0.05) is 9.90 Å². The van der Waals surface area contributed by atoms with E-state index in [9.17, 15) is 14.0 Å². The van der Waals surface area contributed by atoms with Crippen molar-refractivity contribution >= 4 is 50.4 Å². The van der Waals surface area contributed by atoms with Gasteiger partial charge in [0.25, 0.3) is 0 Å². The zero-order valence-corrected chi connectivity index (χ0v) is 17.6. The van der Waals surface area contributed by atoms with Crippen molar-refractivity contribution < 1.29 is 9.18 Å².